The van der Waals surface area contributed by atoms with Crippen LogP contribution in [0.5, 0.6) is 0 Å². The standard InChI is InChI=1S/C24H26N6O2.C17H20N2O2.C8H9BrN2O2/c1-16-13-26-20(9-5-8-17-6-3-2-4-7-17)23(32)30(16)15-19(31)11-10-18-12-21-22(27-14-18)29-24(25)28-21;1-13-11-18-16(17(21)19(13)12-14(2)20)10-6-9-15-7-4-3-5-8-15;1-5-3-10-7(9)8(13)11(5)4-6(2)12/h2-4,6-7,12-14H,5,8-11,15H2,1H3,(H3,25,27,28,29);3-5,7-8,11H,6,9-10,12H2,1-2H3;3H,4H2,1-2H3. The molecule has 0 saturated heterocycles. The van der Waals surface area contributed by atoms with E-state index in [4.69, 9.17) is 5.73 Å². The Kier molecular flexibility index (Phi) is 18.4. The number of halogens is 1. The summed E-state index contributed by atoms with van der Waals surface area (Å²) < 4.78 is 4.66. The number of carbonyl (C=O) groups is 3. The van der Waals surface area contributed by atoms with Gasteiger partial charge < -0.3 is 24.4 Å². The van der Waals surface area contributed by atoms with E-state index in [9.17, 15) is 28.8 Å². The molecule has 7 rings (SSSR count). The molecule has 0 radical (unpaired) electrons. The van der Waals surface area contributed by atoms with Crippen molar-refractivity contribution >= 4 is 50.4 Å². The Bertz CT molecular complexity index is 2960. The first kappa shape index (κ1) is 50.0. The van der Waals surface area contributed by atoms with Gasteiger partial charge in [-0.25, -0.2) is 9.97 Å². The number of nitrogen functional groups attached to an aromatic ring is 1. The number of nitrogens with zero attached hydrogens (tertiary/aromatic N) is 8. The molecular formula is C49H55BrN10O6. The maximum absolute atomic E-state index is 12.9. The fraction of sp³-hybridized carbons (Fsp3) is 0.327. The van der Waals surface area contributed by atoms with Crippen molar-refractivity contribution in [3.8, 4) is 0 Å². The predicted molar refractivity (Wildman–Crippen MR) is 257 cm³/mol. The molecule has 16 nitrogen and oxygen atoms in total. The van der Waals surface area contributed by atoms with E-state index < -0.39 is 0 Å². The summed E-state index contributed by atoms with van der Waals surface area (Å²) in [7, 11) is 0. The van der Waals surface area contributed by atoms with Crippen molar-refractivity contribution in [3.05, 3.63) is 172 Å². The zero-order chi connectivity index (χ0) is 47.8. The molecule has 0 saturated carbocycles. The summed E-state index contributed by atoms with van der Waals surface area (Å²) in [4.78, 5) is 95.0. The van der Waals surface area contributed by atoms with E-state index in [-0.39, 0.29) is 58.3 Å². The van der Waals surface area contributed by atoms with Crippen molar-refractivity contribution in [2.75, 3.05) is 5.73 Å². The second kappa shape index (κ2) is 24.3. The average Bonchev–Trinajstić information content (AvgIpc) is 3.68. The summed E-state index contributed by atoms with van der Waals surface area (Å²) in [5, 5.41) is 0. The largest absolute Gasteiger partial charge is 0.369 e. The minimum absolute atomic E-state index is 0.0131. The summed E-state index contributed by atoms with van der Waals surface area (Å²) in [6.07, 6.45) is 12.2. The van der Waals surface area contributed by atoms with Gasteiger partial charge >= 0.3 is 0 Å². The van der Waals surface area contributed by atoms with Gasteiger partial charge in [0, 0.05) is 48.3 Å². The van der Waals surface area contributed by atoms with Crippen molar-refractivity contribution < 1.29 is 14.4 Å². The van der Waals surface area contributed by atoms with Crippen LogP contribution in [0.4, 0.5) is 5.95 Å². The van der Waals surface area contributed by atoms with Crippen LogP contribution in [-0.4, -0.2) is 61.0 Å². The van der Waals surface area contributed by atoms with Gasteiger partial charge in [-0.05, 0) is 118 Å². The Morgan fingerprint density at radius 1 is 0.591 bits per heavy atom. The van der Waals surface area contributed by atoms with E-state index in [1.165, 1.54) is 38.7 Å². The second-order valence-corrected chi connectivity index (χ2v) is 16.8. The molecule has 344 valence electrons. The maximum Gasteiger partial charge on any atom is 0.284 e. The number of hydrogen-bond donors (Lipinski definition) is 2. The zero-order valence-electron chi connectivity index (χ0n) is 37.9. The Morgan fingerprint density at radius 3 is 1.56 bits per heavy atom. The van der Waals surface area contributed by atoms with Gasteiger partial charge in [0.25, 0.3) is 16.7 Å². The Morgan fingerprint density at radius 2 is 1.06 bits per heavy atom. The molecule has 5 heterocycles. The first-order valence-corrected chi connectivity index (χ1v) is 22.4. The van der Waals surface area contributed by atoms with Gasteiger partial charge in [0.1, 0.15) is 23.0 Å². The minimum atomic E-state index is -0.268. The number of benzene rings is 2. The molecule has 0 atom stereocenters. The topological polar surface area (TPSA) is 223 Å². The molecule has 0 unspecified atom stereocenters. The van der Waals surface area contributed by atoms with Crippen LogP contribution in [0.3, 0.4) is 0 Å². The molecule has 0 bridgehead atoms. The summed E-state index contributed by atoms with van der Waals surface area (Å²) >= 11 is 3.01. The fourth-order valence-electron chi connectivity index (χ4n) is 7.00. The highest BCUT2D eigenvalue weighted by molar-refractivity contribution is 9.10. The van der Waals surface area contributed by atoms with Gasteiger partial charge in [-0.15, -0.1) is 0 Å². The van der Waals surface area contributed by atoms with E-state index >= 15 is 0 Å². The van der Waals surface area contributed by atoms with Crippen LogP contribution in [0.15, 0.2) is 111 Å². The fourth-order valence-corrected chi connectivity index (χ4v) is 7.31. The first-order valence-electron chi connectivity index (χ1n) is 21.6. The van der Waals surface area contributed by atoms with Crippen molar-refractivity contribution in [3.63, 3.8) is 0 Å². The van der Waals surface area contributed by atoms with Crippen molar-refractivity contribution in [1.82, 2.24) is 43.6 Å². The third kappa shape index (κ3) is 14.8. The number of anilines is 1. The maximum atomic E-state index is 12.9. The van der Waals surface area contributed by atoms with Gasteiger partial charge in [0.05, 0.1) is 25.2 Å². The summed E-state index contributed by atoms with van der Waals surface area (Å²) in [6.45, 7) is 8.54. The van der Waals surface area contributed by atoms with Crippen LogP contribution in [-0.2, 0) is 66.1 Å². The minimum Gasteiger partial charge on any atom is -0.369 e. The number of nitrogens with one attached hydrogen (secondary N) is 1. The number of carbonyl (C=O) groups excluding carboxylic acids is 3. The molecule has 5 aromatic heterocycles. The first-order chi connectivity index (χ1) is 31.6. The molecule has 0 aliphatic rings. The number of pyridine rings is 1. The highest BCUT2D eigenvalue weighted by atomic mass is 79.9. The van der Waals surface area contributed by atoms with E-state index in [1.54, 1.807) is 45.6 Å². The smallest absolute Gasteiger partial charge is 0.284 e. The Balaban J connectivity index is 0.000000206. The van der Waals surface area contributed by atoms with Gasteiger partial charge in [-0.2, -0.15) is 4.98 Å². The Labute approximate surface area is 390 Å². The number of H-pyrrole nitrogens is 1. The van der Waals surface area contributed by atoms with Gasteiger partial charge in [0.15, 0.2) is 22.0 Å². The molecule has 0 fully saturated rings. The number of aryl methyl sites for hydroxylation is 8. The van der Waals surface area contributed by atoms with Gasteiger partial charge in [0.2, 0.25) is 0 Å². The van der Waals surface area contributed by atoms with Crippen LogP contribution in [0.2, 0.25) is 0 Å². The van der Waals surface area contributed by atoms with Crippen molar-refractivity contribution in [1.29, 1.82) is 0 Å². The monoisotopic (exact) mass is 958 g/mol. The van der Waals surface area contributed by atoms with Crippen molar-refractivity contribution in [2.24, 2.45) is 0 Å². The molecule has 0 spiro atoms. The third-order valence-electron chi connectivity index (χ3n) is 10.5. The lowest BCUT2D eigenvalue weighted by molar-refractivity contribution is -0.120. The molecule has 7 aromatic rings. The number of fused-ring (bicyclic) bond motifs is 1. The predicted octanol–water partition coefficient (Wildman–Crippen LogP) is 6.00. The Hall–Kier alpha value is -7.01. The zero-order valence-corrected chi connectivity index (χ0v) is 39.5. The molecule has 17 heteroatoms. The number of rotatable bonds is 17. The van der Waals surface area contributed by atoms with E-state index in [0.717, 1.165) is 42.5 Å². The number of ketones is 3. The third-order valence-corrected chi connectivity index (χ3v) is 11.1. The highest BCUT2D eigenvalue weighted by Crippen LogP contribution is 2.14. The van der Waals surface area contributed by atoms with E-state index in [0.29, 0.717) is 60.1 Å². The van der Waals surface area contributed by atoms with Crippen LogP contribution in [0.25, 0.3) is 11.2 Å². The van der Waals surface area contributed by atoms with Crippen LogP contribution in [0, 0.1) is 20.8 Å². The van der Waals surface area contributed by atoms with Crippen molar-refractivity contribution in [2.45, 2.75) is 106 Å². The van der Waals surface area contributed by atoms with Gasteiger partial charge in [-0.1, -0.05) is 60.7 Å². The molecule has 0 aliphatic heterocycles. The second-order valence-electron chi connectivity index (χ2n) is 16.0. The molecular weight excluding hydrogens is 905 g/mol. The van der Waals surface area contributed by atoms with E-state index in [1.807, 2.05) is 42.5 Å². The van der Waals surface area contributed by atoms with Crippen LogP contribution < -0.4 is 22.4 Å². The number of aromatic amines is 1. The number of aromatic nitrogens is 9. The summed E-state index contributed by atoms with van der Waals surface area (Å²) in [5.41, 5.74) is 12.9. The number of hydrogen-bond acceptors (Lipinski definition) is 12. The molecule has 2 aromatic carbocycles. The summed E-state index contributed by atoms with van der Waals surface area (Å²) in [5.74, 6) is 0.221. The normalized spacial score (nSPS) is 10.8. The SMILES string of the molecule is CC(=O)Cn1c(C)cnc(Br)c1=O.CC(=O)Cn1c(C)cnc(CCCc2ccccc2)c1=O.Cc1cnc(CCCc2ccccc2)c(=O)n1CC(=O)CCc1cnc2nc(N)[nH]c2c1. The lowest BCUT2D eigenvalue weighted by Crippen LogP contribution is -2.30. The quantitative estimate of drug-likeness (QED) is 0.107. The lowest BCUT2D eigenvalue weighted by atomic mass is 10.1. The number of nitrogens with two attached hydrogens (primary N) is 1. The summed E-state index contributed by atoms with van der Waals surface area (Å²) in [6, 6.07) is 22.2. The van der Waals surface area contributed by atoms with E-state index in [2.05, 4.69) is 70.1 Å². The molecule has 66 heavy (non-hydrogen) atoms. The molecule has 0 aliphatic carbocycles. The average molecular weight is 960 g/mol. The molecule has 3 N–H and O–H groups in total. The number of imidazole rings is 1. The van der Waals surface area contributed by atoms with Crippen LogP contribution in [0.1, 0.15) is 78.3 Å². The van der Waals surface area contributed by atoms with Crippen LogP contribution >= 0.6 is 15.9 Å². The molecule has 0 amide bonds. The van der Waals surface area contributed by atoms with Gasteiger partial charge in [-0.3, -0.25) is 38.7 Å². The number of Topliss-reactive ketones (excluding diaryl/α,β-unsaturated/α-hetero) is 3. The highest BCUT2D eigenvalue weighted by Gasteiger charge is 2.14. The lowest BCUT2D eigenvalue weighted by Gasteiger charge is -2.11.